The van der Waals surface area contributed by atoms with Crippen LogP contribution in [0.1, 0.15) is 29.4 Å². The minimum Gasteiger partial charge on any atom is -0.373 e. The van der Waals surface area contributed by atoms with Crippen molar-refractivity contribution < 1.29 is 4.74 Å². The average molecular weight is 211 g/mol. The van der Waals surface area contributed by atoms with Gasteiger partial charge in [0.1, 0.15) is 0 Å². The second-order valence-corrected chi connectivity index (χ2v) is 4.66. The highest BCUT2D eigenvalue weighted by Gasteiger charge is 2.20. The van der Waals surface area contributed by atoms with Crippen molar-refractivity contribution in [3.8, 4) is 0 Å². The Kier molecular flexibility index (Phi) is 3.56. The van der Waals surface area contributed by atoms with Gasteiger partial charge in [-0.2, -0.15) is 0 Å². The van der Waals surface area contributed by atoms with Crippen LogP contribution < -0.4 is 5.32 Å². The van der Waals surface area contributed by atoms with E-state index in [2.05, 4.69) is 16.8 Å². The number of rotatable bonds is 4. The van der Waals surface area contributed by atoms with Crippen molar-refractivity contribution in [1.82, 2.24) is 5.32 Å². The van der Waals surface area contributed by atoms with Crippen LogP contribution in [0.25, 0.3) is 0 Å². The number of hydrogen-bond donors (Lipinski definition) is 1. The Morgan fingerprint density at radius 3 is 3.43 bits per heavy atom. The van der Waals surface area contributed by atoms with Crippen molar-refractivity contribution in [2.24, 2.45) is 0 Å². The summed E-state index contributed by atoms with van der Waals surface area (Å²) in [6, 6.07) is 2.23. The highest BCUT2D eigenvalue weighted by Crippen LogP contribution is 2.33. The predicted molar refractivity (Wildman–Crippen MR) is 59.9 cm³/mol. The lowest BCUT2D eigenvalue weighted by atomic mass is 10.0. The molecular formula is C11H17NOS. The summed E-state index contributed by atoms with van der Waals surface area (Å²) in [7, 11) is 2.00. The lowest BCUT2D eigenvalue weighted by Crippen LogP contribution is -2.16. The maximum Gasteiger partial charge on any atom is 0.0836 e. The van der Waals surface area contributed by atoms with Gasteiger partial charge >= 0.3 is 0 Å². The molecule has 1 aliphatic rings. The molecule has 0 fully saturated rings. The topological polar surface area (TPSA) is 21.3 Å². The molecule has 14 heavy (non-hydrogen) atoms. The van der Waals surface area contributed by atoms with Crippen molar-refractivity contribution in [3.63, 3.8) is 0 Å². The van der Waals surface area contributed by atoms with Crippen molar-refractivity contribution in [1.29, 1.82) is 0 Å². The zero-order chi connectivity index (χ0) is 9.80. The minimum absolute atomic E-state index is 0.360. The highest BCUT2D eigenvalue weighted by molar-refractivity contribution is 7.10. The Morgan fingerprint density at radius 2 is 2.57 bits per heavy atom. The second-order valence-electron chi connectivity index (χ2n) is 3.65. The summed E-state index contributed by atoms with van der Waals surface area (Å²) in [6.45, 7) is 1.98. The van der Waals surface area contributed by atoms with Gasteiger partial charge in [0.2, 0.25) is 0 Å². The molecule has 2 heterocycles. The fourth-order valence-corrected chi connectivity index (χ4v) is 2.84. The molecule has 0 bridgehead atoms. The van der Waals surface area contributed by atoms with E-state index in [1.165, 1.54) is 16.9 Å². The first-order valence-electron chi connectivity index (χ1n) is 5.24. The van der Waals surface area contributed by atoms with Gasteiger partial charge in [0, 0.05) is 11.3 Å². The van der Waals surface area contributed by atoms with Crippen molar-refractivity contribution in [2.75, 3.05) is 20.2 Å². The van der Waals surface area contributed by atoms with Crippen LogP contribution in [0.15, 0.2) is 11.4 Å². The standard InChI is InChI=1S/C11H17NOS/c1-12-6-2-3-10-9-5-8-14-11(9)4-7-13-10/h5,8,10,12H,2-4,6-7H2,1H3. The van der Waals surface area contributed by atoms with Crippen LogP contribution in [-0.2, 0) is 11.2 Å². The fraction of sp³-hybridized carbons (Fsp3) is 0.636. The number of thiophene rings is 1. The van der Waals surface area contributed by atoms with Gasteiger partial charge in [-0.1, -0.05) is 0 Å². The molecule has 0 aliphatic carbocycles. The highest BCUT2D eigenvalue weighted by atomic mass is 32.1. The first kappa shape index (κ1) is 10.1. The van der Waals surface area contributed by atoms with Crippen LogP contribution in [0.2, 0.25) is 0 Å². The molecule has 78 valence electrons. The quantitative estimate of drug-likeness (QED) is 0.772. The molecule has 1 aromatic rings. The first-order chi connectivity index (χ1) is 6.92. The third-order valence-corrected chi connectivity index (χ3v) is 3.66. The predicted octanol–water partition coefficient (Wildman–Crippen LogP) is 2.36. The van der Waals surface area contributed by atoms with E-state index in [-0.39, 0.29) is 0 Å². The summed E-state index contributed by atoms with van der Waals surface area (Å²) in [4.78, 5) is 1.53. The maximum absolute atomic E-state index is 5.79. The summed E-state index contributed by atoms with van der Waals surface area (Å²) in [5, 5.41) is 5.36. The van der Waals surface area contributed by atoms with Crippen molar-refractivity contribution in [2.45, 2.75) is 25.4 Å². The van der Waals surface area contributed by atoms with Crippen LogP contribution in [-0.4, -0.2) is 20.2 Å². The minimum atomic E-state index is 0.360. The van der Waals surface area contributed by atoms with E-state index >= 15 is 0 Å². The fourth-order valence-electron chi connectivity index (χ4n) is 1.93. The number of ether oxygens (including phenoxy) is 1. The molecule has 0 spiro atoms. The van der Waals surface area contributed by atoms with Crippen LogP contribution in [0.4, 0.5) is 0 Å². The molecule has 2 rings (SSSR count). The summed E-state index contributed by atoms with van der Waals surface area (Å²) >= 11 is 1.87. The van der Waals surface area contributed by atoms with Crippen molar-refractivity contribution in [3.05, 3.63) is 21.9 Å². The summed E-state index contributed by atoms with van der Waals surface area (Å²) in [5.74, 6) is 0. The number of fused-ring (bicyclic) bond motifs is 1. The van der Waals surface area contributed by atoms with Gasteiger partial charge in [0.15, 0.2) is 0 Å². The van der Waals surface area contributed by atoms with Crippen LogP contribution >= 0.6 is 11.3 Å². The van der Waals surface area contributed by atoms with E-state index in [9.17, 15) is 0 Å². The zero-order valence-corrected chi connectivity index (χ0v) is 9.40. The van der Waals surface area contributed by atoms with Crippen LogP contribution in [0.3, 0.4) is 0 Å². The van der Waals surface area contributed by atoms with E-state index in [0.29, 0.717) is 6.10 Å². The molecule has 0 saturated carbocycles. The third kappa shape index (κ3) is 2.16. The van der Waals surface area contributed by atoms with Gasteiger partial charge in [-0.25, -0.2) is 0 Å². The molecule has 1 aliphatic heterocycles. The monoisotopic (exact) mass is 211 g/mol. The number of nitrogens with one attached hydrogen (secondary N) is 1. The third-order valence-electron chi connectivity index (χ3n) is 2.67. The Labute approximate surface area is 89.3 Å². The van der Waals surface area contributed by atoms with E-state index in [1.807, 2.05) is 18.4 Å². The molecule has 1 unspecified atom stereocenters. The maximum atomic E-state index is 5.79. The van der Waals surface area contributed by atoms with E-state index in [1.54, 1.807) is 0 Å². The van der Waals surface area contributed by atoms with Gasteiger partial charge in [-0.15, -0.1) is 11.3 Å². The van der Waals surface area contributed by atoms with Crippen molar-refractivity contribution >= 4 is 11.3 Å². The van der Waals surface area contributed by atoms with Crippen LogP contribution in [0.5, 0.6) is 0 Å². The zero-order valence-electron chi connectivity index (χ0n) is 8.58. The molecule has 3 heteroatoms. The van der Waals surface area contributed by atoms with Gasteiger partial charge in [-0.05, 0) is 43.4 Å². The SMILES string of the molecule is CNCCCC1OCCc2sccc21. The average Bonchev–Trinajstić information content (AvgIpc) is 2.67. The van der Waals surface area contributed by atoms with Gasteiger partial charge in [-0.3, -0.25) is 0 Å². The molecule has 0 saturated heterocycles. The van der Waals surface area contributed by atoms with E-state index in [0.717, 1.165) is 26.0 Å². The van der Waals surface area contributed by atoms with E-state index < -0.39 is 0 Å². The molecule has 0 amide bonds. The Balaban J connectivity index is 1.94. The molecule has 2 nitrogen and oxygen atoms in total. The van der Waals surface area contributed by atoms with Crippen LogP contribution in [0, 0.1) is 0 Å². The molecule has 1 atom stereocenters. The molecular weight excluding hydrogens is 194 g/mol. The van der Waals surface area contributed by atoms with Gasteiger partial charge < -0.3 is 10.1 Å². The molecule has 0 aromatic carbocycles. The number of hydrogen-bond acceptors (Lipinski definition) is 3. The summed E-state index contributed by atoms with van der Waals surface area (Å²) in [6.07, 6.45) is 3.80. The lowest BCUT2D eigenvalue weighted by Gasteiger charge is -2.23. The lowest BCUT2D eigenvalue weighted by molar-refractivity contribution is 0.0366. The summed E-state index contributed by atoms with van der Waals surface area (Å²) < 4.78 is 5.79. The van der Waals surface area contributed by atoms with Gasteiger partial charge in [0.05, 0.1) is 12.7 Å². The summed E-state index contributed by atoms with van der Waals surface area (Å²) in [5.41, 5.74) is 1.44. The molecule has 1 N–H and O–H groups in total. The largest absolute Gasteiger partial charge is 0.373 e. The Hall–Kier alpha value is -0.380. The van der Waals surface area contributed by atoms with E-state index in [4.69, 9.17) is 4.74 Å². The molecule has 1 aromatic heterocycles. The smallest absolute Gasteiger partial charge is 0.0836 e. The normalized spacial score (nSPS) is 20.8. The Morgan fingerprint density at radius 1 is 1.64 bits per heavy atom. The Bertz CT molecular complexity index is 285. The van der Waals surface area contributed by atoms with Gasteiger partial charge in [0.25, 0.3) is 0 Å². The first-order valence-corrected chi connectivity index (χ1v) is 6.12. The second kappa shape index (κ2) is 4.91. The molecule has 0 radical (unpaired) electrons.